The van der Waals surface area contributed by atoms with Crippen molar-refractivity contribution in [1.29, 1.82) is 0 Å². The lowest BCUT2D eigenvalue weighted by Crippen LogP contribution is -2.03. The summed E-state index contributed by atoms with van der Waals surface area (Å²) in [6.07, 6.45) is 0. The van der Waals surface area contributed by atoms with Crippen LogP contribution >= 0.6 is 11.8 Å². The molecule has 1 N–H and O–H groups in total. The normalized spacial score (nSPS) is 10.1. The molecule has 0 spiro atoms. The second-order valence-corrected chi connectivity index (χ2v) is 5.11. The van der Waals surface area contributed by atoms with Crippen LogP contribution in [0.4, 0.5) is 5.69 Å². The summed E-state index contributed by atoms with van der Waals surface area (Å²) in [5.74, 6) is -0.646. The van der Waals surface area contributed by atoms with Gasteiger partial charge in [-0.25, -0.2) is 4.79 Å². The van der Waals surface area contributed by atoms with Crippen molar-refractivity contribution in [2.24, 2.45) is 0 Å². The van der Waals surface area contributed by atoms with Gasteiger partial charge < -0.3 is 9.84 Å². The fourth-order valence-corrected chi connectivity index (χ4v) is 2.69. The topological polar surface area (TPSA) is 89.7 Å². The summed E-state index contributed by atoms with van der Waals surface area (Å²) in [5, 5.41) is 20.2. The number of benzene rings is 2. The minimum Gasteiger partial charge on any atom is -0.497 e. The smallest absolute Gasteiger partial charge is 0.342 e. The number of carboxylic acid groups (broad SMARTS) is 1. The third-order valence-electron chi connectivity index (χ3n) is 2.70. The summed E-state index contributed by atoms with van der Waals surface area (Å²) in [4.78, 5) is 22.6. The van der Waals surface area contributed by atoms with Crippen LogP contribution < -0.4 is 4.74 Å². The Kier molecular flexibility index (Phi) is 4.44. The third-order valence-corrected chi connectivity index (χ3v) is 3.76. The number of hydrogen-bond donors (Lipinski definition) is 1. The van der Waals surface area contributed by atoms with Crippen LogP contribution in [0.3, 0.4) is 0 Å². The van der Waals surface area contributed by atoms with Crippen LogP contribution in [-0.2, 0) is 0 Å². The standard InChI is InChI=1S/C14H11NO5S/c1-20-9-5-7-10(8-6-9)21-12-4-2-3-11(14(16)17)13(12)15(18)19/h2-8H,1H3,(H,16,17). The number of ether oxygens (including phenoxy) is 1. The SMILES string of the molecule is COc1ccc(Sc2cccc(C(=O)O)c2[N+](=O)[O-])cc1. The quantitative estimate of drug-likeness (QED) is 0.672. The van der Waals surface area contributed by atoms with Crippen molar-refractivity contribution in [3.05, 3.63) is 58.1 Å². The van der Waals surface area contributed by atoms with Crippen LogP contribution in [-0.4, -0.2) is 23.1 Å². The lowest BCUT2D eigenvalue weighted by molar-refractivity contribution is -0.388. The Labute approximate surface area is 124 Å². The van der Waals surface area contributed by atoms with Gasteiger partial charge in [-0.3, -0.25) is 10.1 Å². The zero-order valence-corrected chi connectivity index (χ0v) is 11.8. The molecule has 0 aliphatic rings. The van der Waals surface area contributed by atoms with Crippen molar-refractivity contribution >= 4 is 23.4 Å². The van der Waals surface area contributed by atoms with E-state index >= 15 is 0 Å². The van der Waals surface area contributed by atoms with Gasteiger partial charge >= 0.3 is 5.97 Å². The molecule has 7 heteroatoms. The van der Waals surface area contributed by atoms with Crippen molar-refractivity contribution in [3.63, 3.8) is 0 Å². The lowest BCUT2D eigenvalue weighted by Gasteiger charge is -2.06. The van der Waals surface area contributed by atoms with Gasteiger partial charge in [0.05, 0.1) is 16.9 Å². The molecule has 2 aromatic carbocycles. The molecule has 0 bridgehead atoms. The molecule has 0 saturated carbocycles. The molecule has 0 amide bonds. The van der Waals surface area contributed by atoms with Gasteiger partial charge in [-0.2, -0.15) is 0 Å². The number of hydrogen-bond acceptors (Lipinski definition) is 5. The molecule has 0 atom stereocenters. The number of carboxylic acids is 1. The predicted octanol–water partition coefficient (Wildman–Crippen LogP) is 3.45. The number of methoxy groups -OCH3 is 1. The minimum atomic E-state index is -1.32. The highest BCUT2D eigenvalue weighted by atomic mass is 32.2. The van der Waals surface area contributed by atoms with E-state index in [0.717, 1.165) is 16.7 Å². The largest absolute Gasteiger partial charge is 0.497 e. The number of nitrogens with zero attached hydrogens (tertiary/aromatic N) is 1. The Balaban J connectivity index is 2.41. The molecule has 0 aliphatic heterocycles. The van der Waals surface area contributed by atoms with Crippen LogP contribution in [0.5, 0.6) is 5.75 Å². The van der Waals surface area contributed by atoms with E-state index in [1.807, 2.05) is 0 Å². The molecule has 0 radical (unpaired) electrons. The number of nitro benzene ring substituents is 1. The first-order valence-electron chi connectivity index (χ1n) is 5.85. The van der Waals surface area contributed by atoms with E-state index in [1.165, 1.54) is 18.2 Å². The van der Waals surface area contributed by atoms with Crippen LogP contribution in [0.2, 0.25) is 0 Å². The van der Waals surface area contributed by atoms with E-state index < -0.39 is 16.6 Å². The number of nitro groups is 1. The van der Waals surface area contributed by atoms with E-state index in [-0.39, 0.29) is 10.5 Å². The van der Waals surface area contributed by atoms with Gasteiger partial charge in [0.2, 0.25) is 0 Å². The van der Waals surface area contributed by atoms with Crippen LogP contribution in [0, 0.1) is 10.1 Å². The summed E-state index contributed by atoms with van der Waals surface area (Å²) in [7, 11) is 1.54. The monoisotopic (exact) mass is 305 g/mol. The van der Waals surface area contributed by atoms with E-state index in [2.05, 4.69) is 0 Å². The Bertz CT molecular complexity index is 684. The first kappa shape index (κ1) is 14.9. The second-order valence-electron chi connectivity index (χ2n) is 3.99. The maximum Gasteiger partial charge on any atom is 0.342 e. The van der Waals surface area contributed by atoms with Crippen molar-refractivity contribution < 1.29 is 19.6 Å². The highest BCUT2D eigenvalue weighted by Crippen LogP contribution is 2.37. The maximum atomic E-state index is 11.1. The first-order chi connectivity index (χ1) is 10.0. The van der Waals surface area contributed by atoms with Gasteiger partial charge in [-0.1, -0.05) is 17.8 Å². The zero-order chi connectivity index (χ0) is 15.4. The average molecular weight is 305 g/mol. The van der Waals surface area contributed by atoms with E-state index in [1.54, 1.807) is 31.4 Å². The Morgan fingerprint density at radius 3 is 2.43 bits per heavy atom. The van der Waals surface area contributed by atoms with Gasteiger partial charge in [0.25, 0.3) is 5.69 Å². The second kappa shape index (κ2) is 6.27. The summed E-state index contributed by atoms with van der Waals surface area (Å²) in [6, 6.07) is 11.2. The van der Waals surface area contributed by atoms with Gasteiger partial charge in [0.15, 0.2) is 0 Å². The minimum absolute atomic E-state index is 0.282. The van der Waals surface area contributed by atoms with E-state index in [9.17, 15) is 14.9 Å². The fourth-order valence-electron chi connectivity index (χ4n) is 1.74. The first-order valence-corrected chi connectivity index (χ1v) is 6.67. The maximum absolute atomic E-state index is 11.1. The number of aromatic carboxylic acids is 1. The molecule has 6 nitrogen and oxygen atoms in total. The van der Waals surface area contributed by atoms with Gasteiger partial charge in [-0.15, -0.1) is 0 Å². The van der Waals surface area contributed by atoms with E-state index in [0.29, 0.717) is 5.75 Å². The van der Waals surface area contributed by atoms with Crippen molar-refractivity contribution in [2.75, 3.05) is 7.11 Å². The molecule has 0 fully saturated rings. The van der Waals surface area contributed by atoms with Crippen molar-refractivity contribution in [2.45, 2.75) is 9.79 Å². The number of rotatable bonds is 5. The van der Waals surface area contributed by atoms with Crippen molar-refractivity contribution in [3.8, 4) is 5.75 Å². The van der Waals surface area contributed by atoms with Crippen LogP contribution in [0.15, 0.2) is 52.3 Å². The summed E-state index contributed by atoms with van der Waals surface area (Å²) in [6.45, 7) is 0. The van der Waals surface area contributed by atoms with E-state index in [4.69, 9.17) is 9.84 Å². The summed E-state index contributed by atoms with van der Waals surface area (Å²) < 4.78 is 5.04. The Morgan fingerprint density at radius 1 is 1.24 bits per heavy atom. The Hall–Kier alpha value is -2.54. The Morgan fingerprint density at radius 2 is 1.90 bits per heavy atom. The van der Waals surface area contributed by atoms with Gasteiger partial charge in [0, 0.05) is 4.90 Å². The zero-order valence-electron chi connectivity index (χ0n) is 11.0. The molecule has 0 aliphatic carbocycles. The van der Waals surface area contributed by atoms with Crippen molar-refractivity contribution in [1.82, 2.24) is 0 Å². The number of para-hydroxylation sites is 1. The fraction of sp³-hybridized carbons (Fsp3) is 0.0714. The molecular weight excluding hydrogens is 294 g/mol. The molecule has 0 aromatic heterocycles. The molecular formula is C14H11NO5S. The number of carbonyl (C=O) groups is 1. The average Bonchev–Trinajstić information content (AvgIpc) is 2.47. The lowest BCUT2D eigenvalue weighted by atomic mass is 10.2. The molecule has 0 unspecified atom stereocenters. The summed E-state index contributed by atoms with van der Waals surface area (Å²) in [5.41, 5.74) is -0.718. The molecule has 0 heterocycles. The molecule has 2 rings (SSSR count). The molecule has 2 aromatic rings. The third kappa shape index (κ3) is 3.32. The predicted molar refractivity (Wildman–Crippen MR) is 77.2 cm³/mol. The molecule has 21 heavy (non-hydrogen) atoms. The molecule has 108 valence electrons. The van der Waals surface area contributed by atoms with Crippen LogP contribution in [0.25, 0.3) is 0 Å². The highest BCUT2D eigenvalue weighted by Gasteiger charge is 2.24. The highest BCUT2D eigenvalue weighted by molar-refractivity contribution is 7.99. The van der Waals surface area contributed by atoms with Crippen LogP contribution in [0.1, 0.15) is 10.4 Å². The molecule has 0 saturated heterocycles. The van der Waals surface area contributed by atoms with Gasteiger partial charge in [0.1, 0.15) is 11.3 Å². The van der Waals surface area contributed by atoms with Gasteiger partial charge in [-0.05, 0) is 36.4 Å². The summed E-state index contributed by atoms with van der Waals surface area (Å²) >= 11 is 1.13.